The Morgan fingerprint density at radius 3 is 1.65 bits per heavy atom. The summed E-state index contributed by atoms with van der Waals surface area (Å²) in [6.45, 7) is 22.2. The standard InChI is InChI=1S/C10H22O2Si2.2C4H6O2/c1-6-9(11)10-7-8-13(2,3)14(4,5)12-10;2*1-3(2)4(5)6/h6,9-11H,1,7-8H2,2-5H3;2*1H2,2H3,(H,5,6). The smallest absolute Gasteiger partial charge is 0.330 e. The Labute approximate surface area is 158 Å². The molecule has 150 valence electrons. The number of carboxylic acid groups (broad SMARTS) is 2. The van der Waals surface area contributed by atoms with Gasteiger partial charge < -0.3 is 19.7 Å². The number of aliphatic hydroxyl groups excluding tert-OH is 1. The number of hydrogen-bond acceptors (Lipinski definition) is 4. The van der Waals surface area contributed by atoms with Gasteiger partial charge in [0.1, 0.15) is 0 Å². The second-order valence-electron chi connectivity index (χ2n) is 7.49. The zero-order valence-electron chi connectivity index (χ0n) is 16.8. The second kappa shape index (κ2) is 11.3. The van der Waals surface area contributed by atoms with Crippen molar-refractivity contribution < 1.29 is 29.3 Å². The molecule has 26 heavy (non-hydrogen) atoms. The summed E-state index contributed by atoms with van der Waals surface area (Å²) < 4.78 is 6.12. The molecule has 0 aromatic carbocycles. The molecule has 0 aromatic heterocycles. The number of rotatable bonds is 4. The zero-order chi connectivity index (χ0) is 21.3. The van der Waals surface area contributed by atoms with Gasteiger partial charge in [-0.3, -0.25) is 0 Å². The lowest BCUT2D eigenvalue weighted by molar-refractivity contribution is -0.133. The summed E-state index contributed by atoms with van der Waals surface area (Å²) in [7, 11) is -2.68. The van der Waals surface area contributed by atoms with Crippen LogP contribution in [0, 0.1) is 0 Å². The van der Waals surface area contributed by atoms with Gasteiger partial charge in [-0.25, -0.2) is 9.59 Å². The Kier molecular flexibility index (Phi) is 11.6. The first-order valence-corrected chi connectivity index (χ1v) is 15.5. The quantitative estimate of drug-likeness (QED) is 0.377. The molecule has 0 aromatic rings. The zero-order valence-corrected chi connectivity index (χ0v) is 18.8. The van der Waals surface area contributed by atoms with E-state index in [4.69, 9.17) is 14.6 Å². The summed E-state index contributed by atoms with van der Waals surface area (Å²) in [5.74, 6) is -1.87. The van der Waals surface area contributed by atoms with Crippen LogP contribution in [0.25, 0.3) is 0 Å². The van der Waals surface area contributed by atoms with Crippen LogP contribution in [0.5, 0.6) is 0 Å². The molecule has 3 N–H and O–H groups in total. The first-order chi connectivity index (χ1) is 11.6. The molecule has 0 saturated carbocycles. The lowest BCUT2D eigenvalue weighted by Gasteiger charge is -2.46. The molecular formula is C18H34O6Si2. The SMILES string of the molecule is C=C(C)C(=O)O.C=C(C)C(=O)O.C=CC(O)C1CC[Si](C)(C)[Si](C)(C)O1. The van der Waals surface area contributed by atoms with Crippen LogP contribution in [-0.2, 0) is 14.0 Å². The van der Waals surface area contributed by atoms with Gasteiger partial charge in [-0.15, -0.1) is 6.58 Å². The largest absolute Gasteiger partial charge is 0.478 e. The normalized spacial score (nSPS) is 20.8. The number of aliphatic hydroxyl groups is 1. The fourth-order valence-electron chi connectivity index (χ4n) is 1.79. The molecule has 0 aliphatic carbocycles. The highest BCUT2D eigenvalue weighted by molar-refractivity contribution is 7.38. The molecule has 0 bridgehead atoms. The molecule has 0 radical (unpaired) electrons. The molecule has 8 heteroatoms. The van der Waals surface area contributed by atoms with Crippen molar-refractivity contribution in [2.24, 2.45) is 0 Å². The van der Waals surface area contributed by atoms with E-state index in [2.05, 4.69) is 45.9 Å². The molecule has 2 atom stereocenters. The summed E-state index contributed by atoms with van der Waals surface area (Å²) in [4.78, 5) is 19.2. The summed E-state index contributed by atoms with van der Waals surface area (Å²) in [5.41, 5.74) is 0.352. The summed E-state index contributed by atoms with van der Waals surface area (Å²) in [6, 6.07) is 1.28. The summed E-state index contributed by atoms with van der Waals surface area (Å²) >= 11 is 0. The Morgan fingerprint density at radius 2 is 1.42 bits per heavy atom. The minimum Gasteiger partial charge on any atom is -0.478 e. The topological polar surface area (TPSA) is 104 Å². The molecule has 1 aliphatic rings. The third kappa shape index (κ3) is 9.86. The van der Waals surface area contributed by atoms with Gasteiger partial charge in [0, 0.05) is 11.1 Å². The van der Waals surface area contributed by atoms with Crippen LogP contribution in [0.3, 0.4) is 0 Å². The van der Waals surface area contributed by atoms with Gasteiger partial charge in [0.15, 0.2) is 7.83 Å². The molecule has 1 saturated heterocycles. The van der Waals surface area contributed by atoms with Crippen LogP contribution in [0.4, 0.5) is 0 Å². The molecule has 6 nitrogen and oxygen atoms in total. The van der Waals surface area contributed by atoms with Crippen molar-refractivity contribution in [1.29, 1.82) is 0 Å². The number of hydrogen-bond donors (Lipinski definition) is 3. The van der Waals surface area contributed by atoms with Gasteiger partial charge in [0.05, 0.1) is 19.8 Å². The van der Waals surface area contributed by atoms with E-state index in [0.717, 1.165) is 6.42 Å². The molecule has 0 spiro atoms. The minimum atomic E-state index is -1.53. The molecule has 0 amide bonds. The number of aliphatic carboxylic acids is 2. The van der Waals surface area contributed by atoms with Crippen molar-refractivity contribution in [3.05, 3.63) is 37.0 Å². The van der Waals surface area contributed by atoms with Crippen molar-refractivity contribution in [3.63, 3.8) is 0 Å². The van der Waals surface area contributed by atoms with Crippen molar-refractivity contribution in [3.8, 4) is 0 Å². The van der Waals surface area contributed by atoms with E-state index in [1.54, 1.807) is 6.08 Å². The highest BCUT2D eigenvalue weighted by atomic mass is 29.3. The first-order valence-electron chi connectivity index (χ1n) is 8.35. The van der Waals surface area contributed by atoms with Crippen molar-refractivity contribution >= 4 is 27.4 Å². The van der Waals surface area contributed by atoms with Gasteiger partial charge in [0.2, 0.25) is 0 Å². The van der Waals surface area contributed by atoms with Gasteiger partial charge in [0.25, 0.3) is 0 Å². The second-order valence-corrected chi connectivity index (χ2v) is 22.7. The fourth-order valence-corrected chi connectivity index (χ4v) is 8.39. The highest BCUT2D eigenvalue weighted by Crippen LogP contribution is 2.34. The van der Waals surface area contributed by atoms with Crippen LogP contribution in [0.2, 0.25) is 32.2 Å². The maximum atomic E-state index is 9.68. The van der Waals surface area contributed by atoms with Crippen LogP contribution >= 0.6 is 0 Å². The first kappa shape index (κ1) is 26.7. The molecule has 1 rings (SSSR count). The van der Waals surface area contributed by atoms with E-state index < -0.39 is 33.5 Å². The van der Waals surface area contributed by atoms with Gasteiger partial charge in [-0.2, -0.15) is 0 Å². The van der Waals surface area contributed by atoms with E-state index in [1.165, 1.54) is 19.9 Å². The maximum absolute atomic E-state index is 9.68. The molecular weight excluding hydrogens is 368 g/mol. The Morgan fingerprint density at radius 1 is 1.08 bits per heavy atom. The van der Waals surface area contributed by atoms with E-state index in [1.807, 2.05) is 0 Å². The van der Waals surface area contributed by atoms with E-state index >= 15 is 0 Å². The molecule has 1 fully saturated rings. The minimum absolute atomic E-state index is 0.00897. The predicted molar refractivity (Wildman–Crippen MR) is 110 cm³/mol. The Balaban J connectivity index is 0. The average Bonchev–Trinajstić information content (AvgIpc) is 2.50. The average molecular weight is 403 g/mol. The van der Waals surface area contributed by atoms with Gasteiger partial charge in [-0.05, 0) is 33.4 Å². The van der Waals surface area contributed by atoms with Crippen molar-refractivity contribution in [2.45, 2.75) is 64.7 Å². The lowest BCUT2D eigenvalue weighted by atomic mass is 10.1. The van der Waals surface area contributed by atoms with Gasteiger partial charge >= 0.3 is 11.9 Å². The monoisotopic (exact) mass is 402 g/mol. The highest BCUT2D eigenvalue weighted by Gasteiger charge is 2.48. The molecule has 2 unspecified atom stereocenters. The third-order valence-electron chi connectivity index (χ3n) is 4.48. The van der Waals surface area contributed by atoms with Gasteiger partial charge in [-0.1, -0.05) is 38.4 Å². The van der Waals surface area contributed by atoms with E-state index in [0.29, 0.717) is 0 Å². The van der Waals surface area contributed by atoms with Crippen molar-refractivity contribution in [1.82, 2.24) is 0 Å². The lowest BCUT2D eigenvalue weighted by Crippen LogP contribution is -2.63. The Hall–Kier alpha value is -1.49. The number of carboxylic acids is 2. The predicted octanol–water partition coefficient (Wildman–Crippen LogP) is 3.61. The van der Waals surface area contributed by atoms with Crippen LogP contribution < -0.4 is 0 Å². The number of carbonyl (C=O) groups is 2. The fraction of sp³-hybridized carbons (Fsp3) is 0.556. The van der Waals surface area contributed by atoms with E-state index in [9.17, 15) is 14.7 Å². The van der Waals surface area contributed by atoms with E-state index in [-0.39, 0.29) is 17.3 Å². The van der Waals surface area contributed by atoms with Crippen LogP contribution in [-0.4, -0.2) is 54.9 Å². The van der Waals surface area contributed by atoms with Crippen LogP contribution in [0.1, 0.15) is 20.3 Å². The molecule has 1 heterocycles. The summed E-state index contributed by atoms with van der Waals surface area (Å²) in [6.07, 6.45) is 2.12. The maximum Gasteiger partial charge on any atom is 0.330 e. The Bertz CT molecular complexity index is 492. The third-order valence-corrected chi connectivity index (χ3v) is 21.1. The van der Waals surface area contributed by atoms with Crippen LogP contribution in [0.15, 0.2) is 37.0 Å². The summed E-state index contributed by atoms with van der Waals surface area (Å²) in [5, 5.41) is 25.5. The van der Waals surface area contributed by atoms with Crippen molar-refractivity contribution in [2.75, 3.05) is 0 Å². The molecule has 1 aliphatic heterocycles.